The fourth-order valence-corrected chi connectivity index (χ4v) is 2.71. The Morgan fingerprint density at radius 2 is 1.86 bits per heavy atom. The van der Waals surface area contributed by atoms with E-state index in [0.717, 1.165) is 17.9 Å². The summed E-state index contributed by atoms with van der Waals surface area (Å²) in [5.41, 5.74) is 0.933. The van der Waals surface area contributed by atoms with E-state index in [2.05, 4.69) is 5.32 Å². The maximum atomic E-state index is 12.1. The van der Waals surface area contributed by atoms with Gasteiger partial charge < -0.3 is 15.2 Å². The summed E-state index contributed by atoms with van der Waals surface area (Å²) in [6.07, 6.45) is 3.71. The van der Waals surface area contributed by atoms with Crippen LogP contribution in [-0.4, -0.2) is 23.6 Å². The Hall–Kier alpha value is -2.04. The van der Waals surface area contributed by atoms with Crippen LogP contribution in [-0.2, 0) is 16.1 Å². The van der Waals surface area contributed by atoms with Crippen molar-refractivity contribution in [3.63, 3.8) is 0 Å². The van der Waals surface area contributed by atoms with Crippen LogP contribution in [0.15, 0.2) is 24.3 Å². The lowest BCUT2D eigenvalue weighted by Gasteiger charge is -2.32. The van der Waals surface area contributed by atoms with Crippen LogP contribution in [0.1, 0.15) is 31.2 Å². The number of carboxylic acids is 1. The highest BCUT2D eigenvalue weighted by atomic mass is 16.5. The number of hydrogen-bond acceptors (Lipinski definition) is 3. The van der Waals surface area contributed by atoms with Gasteiger partial charge in [-0.1, -0.05) is 18.2 Å². The smallest absolute Gasteiger partial charge is 0.307 e. The fraction of sp³-hybridized carbons (Fsp3) is 0.529. The van der Waals surface area contributed by atoms with Gasteiger partial charge in [0.1, 0.15) is 5.75 Å². The van der Waals surface area contributed by atoms with Gasteiger partial charge in [-0.25, -0.2) is 0 Å². The van der Waals surface area contributed by atoms with E-state index in [0.29, 0.717) is 25.3 Å². The van der Waals surface area contributed by atoms with Crippen LogP contribution in [0.5, 0.6) is 5.75 Å². The van der Waals surface area contributed by atoms with Crippen molar-refractivity contribution in [3.8, 4) is 5.75 Å². The van der Waals surface area contributed by atoms with Crippen LogP contribution in [0, 0.1) is 17.8 Å². The number of carboxylic acid groups (broad SMARTS) is 1. The number of rotatable bonds is 7. The third kappa shape index (κ3) is 3.40. The second kappa shape index (κ2) is 6.38. The lowest BCUT2D eigenvalue weighted by Crippen LogP contribution is -2.43. The monoisotopic (exact) mass is 303 g/mol. The molecule has 0 saturated heterocycles. The highest BCUT2D eigenvalue weighted by molar-refractivity contribution is 5.86. The van der Waals surface area contributed by atoms with Crippen LogP contribution >= 0.6 is 0 Å². The summed E-state index contributed by atoms with van der Waals surface area (Å²) in [6, 6.07) is 7.67. The summed E-state index contributed by atoms with van der Waals surface area (Å²) >= 11 is 0. The van der Waals surface area contributed by atoms with Gasteiger partial charge in [0, 0.05) is 12.1 Å². The van der Waals surface area contributed by atoms with E-state index in [4.69, 9.17) is 9.84 Å². The summed E-state index contributed by atoms with van der Waals surface area (Å²) in [4.78, 5) is 23.1. The Balaban J connectivity index is 1.54. The molecule has 2 unspecified atom stereocenters. The van der Waals surface area contributed by atoms with Gasteiger partial charge in [-0.2, -0.15) is 0 Å². The van der Waals surface area contributed by atoms with Gasteiger partial charge in [0.2, 0.25) is 5.91 Å². The molecule has 2 aliphatic carbocycles. The van der Waals surface area contributed by atoms with Crippen molar-refractivity contribution in [2.75, 3.05) is 6.61 Å². The number of nitrogens with one attached hydrogen (secondary N) is 1. The van der Waals surface area contributed by atoms with Gasteiger partial charge in [-0.15, -0.1) is 0 Å². The zero-order valence-electron chi connectivity index (χ0n) is 12.5. The Labute approximate surface area is 129 Å². The SMILES string of the molecule is O=C(O)C1CCC1C(=O)NCc1ccccc1OCC1CC1. The summed E-state index contributed by atoms with van der Waals surface area (Å²) in [5.74, 6) is -0.485. The second-order valence-corrected chi connectivity index (χ2v) is 6.21. The molecule has 0 bridgehead atoms. The molecular formula is C17H21NO4. The molecule has 2 aliphatic rings. The molecule has 2 fully saturated rings. The minimum atomic E-state index is -0.875. The average Bonchev–Trinajstić information content (AvgIpc) is 3.26. The van der Waals surface area contributed by atoms with E-state index in [1.807, 2.05) is 24.3 Å². The molecule has 1 amide bonds. The third-order valence-electron chi connectivity index (χ3n) is 4.53. The summed E-state index contributed by atoms with van der Waals surface area (Å²) in [7, 11) is 0. The van der Waals surface area contributed by atoms with Gasteiger partial charge >= 0.3 is 5.97 Å². The molecular weight excluding hydrogens is 282 g/mol. The van der Waals surface area contributed by atoms with E-state index in [1.165, 1.54) is 12.8 Å². The molecule has 5 heteroatoms. The molecule has 0 aromatic heterocycles. The van der Waals surface area contributed by atoms with Crippen molar-refractivity contribution in [2.24, 2.45) is 17.8 Å². The van der Waals surface area contributed by atoms with Crippen LogP contribution in [0.3, 0.4) is 0 Å². The third-order valence-corrected chi connectivity index (χ3v) is 4.53. The lowest BCUT2D eigenvalue weighted by molar-refractivity contribution is -0.152. The Kier molecular flexibility index (Phi) is 4.32. The van der Waals surface area contributed by atoms with E-state index >= 15 is 0 Å². The highest BCUT2D eigenvalue weighted by Gasteiger charge is 2.41. The van der Waals surface area contributed by atoms with Gasteiger partial charge in [0.05, 0.1) is 18.4 Å². The van der Waals surface area contributed by atoms with Gasteiger partial charge in [-0.05, 0) is 37.7 Å². The van der Waals surface area contributed by atoms with Crippen molar-refractivity contribution >= 4 is 11.9 Å². The van der Waals surface area contributed by atoms with Crippen molar-refractivity contribution < 1.29 is 19.4 Å². The summed E-state index contributed by atoms with van der Waals surface area (Å²) in [6.45, 7) is 1.11. The zero-order valence-corrected chi connectivity index (χ0v) is 12.5. The number of carbonyl (C=O) groups excluding carboxylic acids is 1. The number of carbonyl (C=O) groups is 2. The highest BCUT2D eigenvalue weighted by Crippen LogP contribution is 2.34. The summed E-state index contributed by atoms with van der Waals surface area (Å²) < 4.78 is 5.81. The second-order valence-electron chi connectivity index (χ2n) is 6.21. The first-order valence-electron chi connectivity index (χ1n) is 7.86. The first-order chi connectivity index (χ1) is 10.6. The first-order valence-corrected chi connectivity index (χ1v) is 7.86. The Morgan fingerprint density at radius 1 is 1.14 bits per heavy atom. The van der Waals surface area contributed by atoms with Crippen LogP contribution in [0.2, 0.25) is 0 Å². The predicted octanol–water partition coefficient (Wildman–Crippen LogP) is 2.20. The quantitative estimate of drug-likeness (QED) is 0.809. The molecule has 1 aromatic carbocycles. The molecule has 1 aromatic rings. The molecule has 2 N–H and O–H groups in total. The van der Waals surface area contributed by atoms with Crippen LogP contribution < -0.4 is 10.1 Å². The number of para-hydroxylation sites is 1. The predicted molar refractivity (Wildman–Crippen MR) is 80.4 cm³/mol. The van der Waals surface area contributed by atoms with Crippen LogP contribution in [0.4, 0.5) is 0 Å². The molecule has 3 rings (SSSR count). The van der Waals surface area contributed by atoms with Crippen molar-refractivity contribution in [3.05, 3.63) is 29.8 Å². The molecule has 5 nitrogen and oxygen atoms in total. The standard InChI is InChI=1S/C17H21NO4/c19-16(13-7-8-14(13)17(20)21)18-9-12-3-1-2-4-15(12)22-10-11-5-6-11/h1-4,11,13-14H,5-10H2,(H,18,19)(H,20,21). The number of amides is 1. The maximum absolute atomic E-state index is 12.1. The topological polar surface area (TPSA) is 75.6 Å². The number of ether oxygens (including phenoxy) is 1. The Morgan fingerprint density at radius 3 is 2.50 bits per heavy atom. The number of aliphatic carboxylic acids is 1. The Bertz CT molecular complexity index is 568. The minimum Gasteiger partial charge on any atom is -0.493 e. The number of benzene rings is 1. The fourth-order valence-electron chi connectivity index (χ4n) is 2.71. The van der Waals surface area contributed by atoms with E-state index in [1.54, 1.807) is 0 Å². The van der Waals surface area contributed by atoms with Crippen LogP contribution in [0.25, 0.3) is 0 Å². The molecule has 2 saturated carbocycles. The van der Waals surface area contributed by atoms with E-state index < -0.39 is 17.8 Å². The van der Waals surface area contributed by atoms with Gasteiger partial charge in [-0.3, -0.25) is 9.59 Å². The van der Waals surface area contributed by atoms with E-state index in [-0.39, 0.29) is 5.91 Å². The molecule has 2 atom stereocenters. The maximum Gasteiger partial charge on any atom is 0.307 e. The zero-order chi connectivity index (χ0) is 15.5. The van der Waals surface area contributed by atoms with Crippen molar-refractivity contribution in [1.29, 1.82) is 0 Å². The summed E-state index contributed by atoms with van der Waals surface area (Å²) in [5, 5.41) is 11.9. The largest absolute Gasteiger partial charge is 0.493 e. The molecule has 0 radical (unpaired) electrons. The molecule has 22 heavy (non-hydrogen) atoms. The molecule has 0 aliphatic heterocycles. The van der Waals surface area contributed by atoms with E-state index in [9.17, 15) is 9.59 Å². The normalized spacial score (nSPS) is 23.5. The van der Waals surface area contributed by atoms with Gasteiger partial charge in [0.15, 0.2) is 0 Å². The molecule has 118 valence electrons. The van der Waals surface area contributed by atoms with Crippen molar-refractivity contribution in [1.82, 2.24) is 5.32 Å². The number of hydrogen-bond donors (Lipinski definition) is 2. The molecule has 0 spiro atoms. The molecule has 0 heterocycles. The van der Waals surface area contributed by atoms with Crippen molar-refractivity contribution in [2.45, 2.75) is 32.2 Å². The lowest BCUT2D eigenvalue weighted by atomic mass is 9.73. The average molecular weight is 303 g/mol. The first kappa shape index (κ1) is 14.9. The van der Waals surface area contributed by atoms with Gasteiger partial charge in [0.25, 0.3) is 0 Å². The minimum absolute atomic E-state index is 0.171.